The van der Waals surface area contributed by atoms with Crippen molar-refractivity contribution in [3.63, 3.8) is 0 Å². The molecule has 6 rings (SSSR count). The predicted octanol–water partition coefficient (Wildman–Crippen LogP) is 2.76. The number of piperidine rings is 1. The summed E-state index contributed by atoms with van der Waals surface area (Å²) in [5, 5.41) is 16.0. The van der Waals surface area contributed by atoms with Crippen LogP contribution in [0.15, 0.2) is 84.4 Å². The van der Waals surface area contributed by atoms with Gasteiger partial charge in [-0.3, -0.25) is 14.2 Å². The summed E-state index contributed by atoms with van der Waals surface area (Å²) in [4.78, 5) is 40.2. The van der Waals surface area contributed by atoms with E-state index >= 15 is 0 Å². The first-order chi connectivity index (χ1) is 19.9. The zero-order valence-corrected chi connectivity index (χ0v) is 21.9. The summed E-state index contributed by atoms with van der Waals surface area (Å²) in [7, 11) is 0. The normalized spacial score (nSPS) is 14.7. The Hall–Kier alpha value is -4.97. The van der Waals surface area contributed by atoms with Gasteiger partial charge in [0.2, 0.25) is 0 Å². The van der Waals surface area contributed by atoms with Crippen molar-refractivity contribution in [1.29, 1.82) is 0 Å². The Morgan fingerprint density at radius 2 is 1.88 bits per heavy atom. The first-order valence-corrected chi connectivity index (χ1v) is 13.1. The number of amides is 1. The largest absolute Gasteiger partial charge is 0.487 e. The molecular weight excluding hydrogens is 529 g/mol. The molecule has 1 aliphatic rings. The molecule has 1 saturated heterocycles. The van der Waals surface area contributed by atoms with Gasteiger partial charge in [0.05, 0.1) is 29.7 Å². The molecular formula is C29H26FN7O4. The summed E-state index contributed by atoms with van der Waals surface area (Å²) in [5.74, 6) is -0.0267. The molecule has 11 nitrogen and oxygen atoms in total. The van der Waals surface area contributed by atoms with Crippen molar-refractivity contribution in [2.75, 3.05) is 13.1 Å². The molecule has 12 heteroatoms. The molecule has 0 aliphatic carbocycles. The summed E-state index contributed by atoms with van der Waals surface area (Å²) < 4.78 is 22.0. The molecule has 0 saturated carbocycles. The van der Waals surface area contributed by atoms with Crippen molar-refractivity contribution in [2.45, 2.75) is 31.6 Å². The van der Waals surface area contributed by atoms with E-state index in [4.69, 9.17) is 4.74 Å². The van der Waals surface area contributed by atoms with Gasteiger partial charge in [-0.1, -0.05) is 6.07 Å². The number of nitrogens with zero attached hydrogens (tertiary/aromatic N) is 7. The summed E-state index contributed by atoms with van der Waals surface area (Å²) in [5.41, 5.74) is 0.666. The Balaban J connectivity index is 1.15. The van der Waals surface area contributed by atoms with Crippen LogP contribution in [0.5, 0.6) is 5.75 Å². The lowest BCUT2D eigenvalue weighted by Gasteiger charge is -2.38. The highest BCUT2D eigenvalue weighted by Gasteiger charge is 2.35. The van der Waals surface area contributed by atoms with Gasteiger partial charge in [0.25, 0.3) is 11.5 Å². The molecule has 0 radical (unpaired) electrons. The predicted molar refractivity (Wildman–Crippen MR) is 146 cm³/mol. The second-order valence-electron chi connectivity index (χ2n) is 9.98. The average Bonchev–Trinajstić information content (AvgIpc) is 3.44. The maximum Gasteiger partial charge on any atom is 0.264 e. The fraction of sp³-hybridized carbons (Fsp3) is 0.241. The van der Waals surface area contributed by atoms with Gasteiger partial charge in [0.15, 0.2) is 5.65 Å². The van der Waals surface area contributed by atoms with Crippen LogP contribution in [-0.2, 0) is 13.2 Å². The van der Waals surface area contributed by atoms with Gasteiger partial charge in [0, 0.05) is 30.9 Å². The molecule has 4 heterocycles. The zero-order chi connectivity index (χ0) is 28.4. The van der Waals surface area contributed by atoms with Gasteiger partial charge in [-0.15, -0.1) is 0 Å². The first kappa shape index (κ1) is 26.3. The average molecular weight is 556 g/mol. The Kier molecular flexibility index (Phi) is 6.98. The molecule has 41 heavy (non-hydrogen) atoms. The molecule has 0 spiro atoms. The molecule has 2 aromatic carbocycles. The summed E-state index contributed by atoms with van der Waals surface area (Å²) in [6, 6.07) is 14.4. The highest BCUT2D eigenvalue weighted by atomic mass is 19.1. The molecule has 0 unspecified atom stereocenters. The van der Waals surface area contributed by atoms with Crippen LogP contribution in [0.1, 0.15) is 28.9 Å². The third-order valence-corrected chi connectivity index (χ3v) is 7.18. The number of halogens is 1. The molecule has 0 atom stereocenters. The third-order valence-electron chi connectivity index (χ3n) is 7.18. The van der Waals surface area contributed by atoms with Crippen molar-refractivity contribution in [2.24, 2.45) is 0 Å². The van der Waals surface area contributed by atoms with Crippen LogP contribution in [0, 0.1) is 5.82 Å². The quantitative estimate of drug-likeness (QED) is 0.325. The lowest BCUT2D eigenvalue weighted by Crippen LogP contribution is -2.49. The van der Waals surface area contributed by atoms with Gasteiger partial charge in [-0.2, -0.15) is 5.10 Å². The number of likely N-dealkylation sites (tertiary alicyclic amines) is 1. The standard InChI is InChI=1S/C29H26FN7O4/c30-21-6-4-20(5-7-21)27(38)35-12-9-29(40,10-13-35)17-36-19-33-26-25(28(36)39)15-34-37(26)23-2-1-3-24(14-23)41-16-22-8-11-31-18-32-22/h1-8,11,14-15,18-19,40H,9-10,12-13,16-17H2. The number of hydrogen-bond donors (Lipinski definition) is 1. The van der Waals surface area contributed by atoms with Crippen molar-refractivity contribution in [3.8, 4) is 11.4 Å². The highest BCUT2D eigenvalue weighted by Crippen LogP contribution is 2.26. The van der Waals surface area contributed by atoms with Crippen LogP contribution in [0.3, 0.4) is 0 Å². The zero-order valence-electron chi connectivity index (χ0n) is 21.9. The fourth-order valence-corrected chi connectivity index (χ4v) is 4.89. The van der Waals surface area contributed by atoms with E-state index in [0.29, 0.717) is 41.1 Å². The van der Waals surface area contributed by atoms with Crippen molar-refractivity contribution in [1.82, 2.24) is 34.2 Å². The van der Waals surface area contributed by atoms with Gasteiger partial charge >= 0.3 is 0 Å². The second kappa shape index (κ2) is 10.9. The molecule has 1 aliphatic heterocycles. The van der Waals surface area contributed by atoms with E-state index in [9.17, 15) is 19.1 Å². The van der Waals surface area contributed by atoms with E-state index in [-0.39, 0.29) is 37.5 Å². The molecule has 1 fully saturated rings. The minimum Gasteiger partial charge on any atom is -0.487 e. The van der Waals surface area contributed by atoms with Crippen LogP contribution >= 0.6 is 0 Å². The van der Waals surface area contributed by atoms with E-state index in [0.717, 1.165) is 5.69 Å². The summed E-state index contributed by atoms with van der Waals surface area (Å²) in [6.07, 6.45) is 6.55. The fourth-order valence-electron chi connectivity index (χ4n) is 4.89. The van der Waals surface area contributed by atoms with E-state index < -0.39 is 11.4 Å². The van der Waals surface area contributed by atoms with Gasteiger partial charge in [-0.25, -0.2) is 24.0 Å². The first-order valence-electron chi connectivity index (χ1n) is 13.1. The number of ether oxygens (including phenoxy) is 1. The maximum absolute atomic E-state index is 13.3. The molecule has 0 bridgehead atoms. The maximum atomic E-state index is 13.3. The van der Waals surface area contributed by atoms with Crippen LogP contribution in [0.2, 0.25) is 0 Å². The van der Waals surface area contributed by atoms with Crippen LogP contribution in [0.4, 0.5) is 4.39 Å². The monoisotopic (exact) mass is 555 g/mol. The van der Waals surface area contributed by atoms with Gasteiger partial charge in [0.1, 0.15) is 36.2 Å². The van der Waals surface area contributed by atoms with E-state index in [2.05, 4.69) is 20.1 Å². The third kappa shape index (κ3) is 5.54. The number of rotatable bonds is 7. The molecule has 1 amide bonds. The molecule has 1 N–H and O–H groups in total. The Morgan fingerprint density at radius 3 is 2.63 bits per heavy atom. The number of benzene rings is 2. The van der Waals surface area contributed by atoms with Crippen LogP contribution < -0.4 is 10.3 Å². The van der Waals surface area contributed by atoms with Crippen molar-refractivity contribution >= 4 is 16.9 Å². The topological polar surface area (TPSA) is 128 Å². The Labute approximate surface area is 233 Å². The summed E-state index contributed by atoms with van der Waals surface area (Å²) >= 11 is 0. The molecule has 208 valence electrons. The minimum atomic E-state index is -1.19. The van der Waals surface area contributed by atoms with E-state index in [1.54, 1.807) is 27.9 Å². The number of aromatic nitrogens is 6. The van der Waals surface area contributed by atoms with E-state index in [1.165, 1.54) is 47.7 Å². The Morgan fingerprint density at radius 1 is 1.07 bits per heavy atom. The SMILES string of the molecule is O=C(c1ccc(F)cc1)N1CCC(O)(Cn2cnc3c(cnn3-c3cccc(OCc4ccncn4)c3)c2=O)CC1. The van der Waals surface area contributed by atoms with Crippen LogP contribution in [0.25, 0.3) is 16.7 Å². The highest BCUT2D eigenvalue weighted by molar-refractivity contribution is 5.94. The number of carbonyl (C=O) groups excluding carboxylic acids is 1. The molecule has 5 aromatic rings. The Bertz CT molecular complexity index is 1750. The van der Waals surface area contributed by atoms with Crippen molar-refractivity contribution < 1.29 is 19.0 Å². The van der Waals surface area contributed by atoms with E-state index in [1.807, 2.05) is 18.2 Å². The second-order valence-corrected chi connectivity index (χ2v) is 9.98. The minimum absolute atomic E-state index is 0.0326. The van der Waals surface area contributed by atoms with Crippen LogP contribution in [-0.4, -0.2) is 63.9 Å². The lowest BCUT2D eigenvalue weighted by atomic mass is 9.91. The number of hydrogen-bond acceptors (Lipinski definition) is 8. The van der Waals surface area contributed by atoms with Crippen molar-refractivity contribution in [3.05, 3.63) is 107 Å². The van der Waals surface area contributed by atoms with Gasteiger partial charge in [-0.05, 0) is 55.3 Å². The lowest BCUT2D eigenvalue weighted by molar-refractivity contribution is -0.0299. The number of aliphatic hydroxyl groups is 1. The molecule has 3 aromatic heterocycles. The number of fused-ring (bicyclic) bond motifs is 1. The summed E-state index contributed by atoms with van der Waals surface area (Å²) in [6.45, 7) is 0.927. The smallest absolute Gasteiger partial charge is 0.264 e. The number of carbonyl (C=O) groups is 1. The van der Waals surface area contributed by atoms with Gasteiger partial charge < -0.3 is 14.7 Å².